The molecule has 0 saturated carbocycles. The fourth-order valence-electron chi connectivity index (χ4n) is 3.24. The zero-order valence-corrected chi connectivity index (χ0v) is 14.6. The standard InChI is InChI=1S/C20H28O4/c1-13-6-4-8-14(2)18(22)19-17(15(3)20(23)24-19)11-10-16(12-21)9-5-7-13/h7-8,10,17-19,21-22H,3-6,9,11-12H2,1-2H3/b13-7+,14-8-,16-10-/t17-,18+,19-/m1/s1. The van der Waals surface area contributed by atoms with Gasteiger partial charge in [-0.15, -0.1) is 0 Å². The molecule has 3 atom stereocenters. The van der Waals surface area contributed by atoms with Crippen molar-refractivity contribution in [3.8, 4) is 0 Å². The van der Waals surface area contributed by atoms with Crippen molar-refractivity contribution in [2.75, 3.05) is 6.61 Å². The summed E-state index contributed by atoms with van der Waals surface area (Å²) in [6, 6.07) is 0. The number of aliphatic hydroxyl groups excluding tert-OH is 2. The van der Waals surface area contributed by atoms with E-state index >= 15 is 0 Å². The van der Waals surface area contributed by atoms with Gasteiger partial charge in [0.25, 0.3) is 0 Å². The van der Waals surface area contributed by atoms with Gasteiger partial charge in [0, 0.05) is 11.5 Å². The lowest BCUT2D eigenvalue weighted by molar-refractivity contribution is -0.142. The summed E-state index contributed by atoms with van der Waals surface area (Å²) in [5, 5.41) is 20.2. The summed E-state index contributed by atoms with van der Waals surface area (Å²) in [6.45, 7) is 7.82. The molecule has 0 amide bonds. The van der Waals surface area contributed by atoms with Gasteiger partial charge in [0.1, 0.15) is 12.2 Å². The van der Waals surface area contributed by atoms with Crippen LogP contribution in [0, 0.1) is 5.92 Å². The van der Waals surface area contributed by atoms with E-state index in [-0.39, 0.29) is 12.5 Å². The molecule has 0 bridgehead atoms. The Morgan fingerprint density at radius 3 is 2.62 bits per heavy atom. The number of hydrogen-bond donors (Lipinski definition) is 2. The van der Waals surface area contributed by atoms with Crippen molar-refractivity contribution < 1.29 is 19.7 Å². The predicted molar refractivity (Wildman–Crippen MR) is 94.3 cm³/mol. The lowest BCUT2D eigenvalue weighted by Crippen LogP contribution is -2.32. The van der Waals surface area contributed by atoms with E-state index in [9.17, 15) is 15.0 Å². The number of esters is 1. The molecule has 1 fully saturated rings. The topological polar surface area (TPSA) is 66.8 Å². The van der Waals surface area contributed by atoms with E-state index in [1.807, 2.05) is 19.1 Å². The summed E-state index contributed by atoms with van der Waals surface area (Å²) in [6.07, 6.45) is 8.78. The van der Waals surface area contributed by atoms with Gasteiger partial charge >= 0.3 is 5.97 Å². The zero-order valence-electron chi connectivity index (χ0n) is 14.6. The van der Waals surface area contributed by atoms with E-state index in [0.29, 0.717) is 12.0 Å². The van der Waals surface area contributed by atoms with E-state index in [4.69, 9.17) is 4.74 Å². The van der Waals surface area contributed by atoms with Crippen LogP contribution in [-0.2, 0) is 9.53 Å². The van der Waals surface area contributed by atoms with E-state index < -0.39 is 18.2 Å². The maximum Gasteiger partial charge on any atom is 0.334 e. The number of allylic oxidation sites excluding steroid dienone is 4. The van der Waals surface area contributed by atoms with Crippen LogP contribution in [0.4, 0.5) is 0 Å². The largest absolute Gasteiger partial charge is 0.455 e. The van der Waals surface area contributed by atoms with Crippen LogP contribution in [0.2, 0.25) is 0 Å². The van der Waals surface area contributed by atoms with Crippen LogP contribution in [0.15, 0.2) is 47.1 Å². The summed E-state index contributed by atoms with van der Waals surface area (Å²) < 4.78 is 5.38. The maximum atomic E-state index is 11.9. The molecule has 1 aliphatic heterocycles. The first-order valence-electron chi connectivity index (χ1n) is 8.63. The van der Waals surface area contributed by atoms with Crippen LogP contribution in [0.1, 0.15) is 46.0 Å². The van der Waals surface area contributed by atoms with Gasteiger partial charge in [0.15, 0.2) is 0 Å². The normalized spacial score (nSPS) is 36.3. The van der Waals surface area contributed by atoms with Gasteiger partial charge < -0.3 is 14.9 Å². The predicted octanol–water partition coefficient (Wildman–Crippen LogP) is 3.22. The summed E-state index contributed by atoms with van der Waals surface area (Å²) in [5.74, 6) is -0.685. The summed E-state index contributed by atoms with van der Waals surface area (Å²) in [4.78, 5) is 11.9. The minimum Gasteiger partial charge on any atom is -0.455 e. The second kappa shape index (κ2) is 8.45. The Bertz CT molecular complexity index is 582. The van der Waals surface area contributed by atoms with Crippen molar-refractivity contribution in [2.24, 2.45) is 5.92 Å². The molecule has 0 unspecified atom stereocenters. The Kier molecular flexibility index (Phi) is 6.58. The minimum atomic E-state index is -0.823. The average Bonchev–Trinajstić information content (AvgIpc) is 2.84. The molecule has 24 heavy (non-hydrogen) atoms. The molecule has 0 aromatic heterocycles. The lowest BCUT2D eigenvalue weighted by atomic mass is 9.87. The van der Waals surface area contributed by atoms with Gasteiger partial charge in [-0.05, 0) is 57.1 Å². The molecule has 4 heteroatoms. The number of rotatable bonds is 1. The SMILES string of the molecule is C=C1C(=O)O[C@@H]2[C@@H]1C/C=C(\CO)CC/C=C(\C)CC/C=C(/C)[C@@H]2O. The molecule has 2 rings (SSSR count). The Morgan fingerprint density at radius 1 is 1.21 bits per heavy atom. The Hall–Kier alpha value is -1.65. The molecule has 0 aromatic rings. The highest BCUT2D eigenvalue weighted by Gasteiger charge is 2.42. The molecule has 1 aliphatic carbocycles. The number of carbonyl (C=O) groups excluding carboxylic acids is 1. The van der Waals surface area contributed by atoms with Gasteiger partial charge in [-0.25, -0.2) is 4.79 Å². The van der Waals surface area contributed by atoms with Gasteiger partial charge in [-0.1, -0.05) is 30.4 Å². The molecular weight excluding hydrogens is 304 g/mol. The number of ether oxygens (including phenoxy) is 1. The number of aliphatic hydroxyl groups is 2. The van der Waals surface area contributed by atoms with Crippen LogP contribution in [0.5, 0.6) is 0 Å². The molecule has 0 spiro atoms. The number of fused-ring (bicyclic) bond motifs is 1. The minimum absolute atomic E-state index is 0.00698. The van der Waals surface area contributed by atoms with Crippen LogP contribution in [-0.4, -0.2) is 35.0 Å². The molecule has 132 valence electrons. The lowest BCUT2D eigenvalue weighted by Gasteiger charge is -2.23. The van der Waals surface area contributed by atoms with Crippen molar-refractivity contribution >= 4 is 5.97 Å². The fourth-order valence-corrected chi connectivity index (χ4v) is 3.24. The number of hydrogen-bond acceptors (Lipinski definition) is 4. The Balaban J connectivity index is 2.30. The molecule has 2 aliphatic rings. The van der Waals surface area contributed by atoms with Gasteiger partial charge in [-0.2, -0.15) is 0 Å². The summed E-state index contributed by atoms with van der Waals surface area (Å²) >= 11 is 0. The first-order chi connectivity index (χ1) is 11.4. The molecule has 0 radical (unpaired) electrons. The summed E-state index contributed by atoms with van der Waals surface area (Å²) in [7, 11) is 0. The van der Waals surface area contributed by atoms with Crippen LogP contribution >= 0.6 is 0 Å². The van der Waals surface area contributed by atoms with Crippen LogP contribution < -0.4 is 0 Å². The zero-order chi connectivity index (χ0) is 17.7. The fraction of sp³-hybridized carbons (Fsp3) is 0.550. The third kappa shape index (κ3) is 4.46. The second-order valence-electron chi connectivity index (χ2n) is 6.78. The summed E-state index contributed by atoms with van der Waals surface area (Å²) in [5.41, 5.74) is 3.48. The quantitative estimate of drug-likeness (QED) is 0.439. The highest BCUT2D eigenvalue weighted by molar-refractivity contribution is 5.91. The van der Waals surface area contributed by atoms with Crippen molar-refractivity contribution in [3.05, 3.63) is 47.1 Å². The van der Waals surface area contributed by atoms with Crippen molar-refractivity contribution in [1.82, 2.24) is 0 Å². The third-order valence-electron chi connectivity index (χ3n) is 4.95. The molecule has 0 aromatic carbocycles. The van der Waals surface area contributed by atoms with E-state index in [0.717, 1.165) is 36.8 Å². The highest BCUT2D eigenvalue weighted by atomic mass is 16.6. The highest BCUT2D eigenvalue weighted by Crippen LogP contribution is 2.34. The molecule has 4 nitrogen and oxygen atoms in total. The van der Waals surface area contributed by atoms with E-state index in [1.165, 1.54) is 5.57 Å². The molecule has 1 saturated heterocycles. The number of carbonyl (C=O) groups is 1. The molecule has 1 heterocycles. The van der Waals surface area contributed by atoms with Crippen LogP contribution in [0.3, 0.4) is 0 Å². The Morgan fingerprint density at radius 2 is 1.92 bits per heavy atom. The van der Waals surface area contributed by atoms with Crippen molar-refractivity contribution in [1.29, 1.82) is 0 Å². The van der Waals surface area contributed by atoms with Crippen molar-refractivity contribution in [2.45, 2.75) is 58.2 Å². The average molecular weight is 332 g/mol. The van der Waals surface area contributed by atoms with Gasteiger partial charge in [-0.3, -0.25) is 0 Å². The molecular formula is C20H28O4. The third-order valence-corrected chi connectivity index (χ3v) is 4.95. The van der Waals surface area contributed by atoms with E-state index in [1.54, 1.807) is 0 Å². The smallest absolute Gasteiger partial charge is 0.334 e. The van der Waals surface area contributed by atoms with Crippen LogP contribution in [0.25, 0.3) is 0 Å². The van der Waals surface area contributed by atoms with Gasteiger partial charge in [0.2, 0.25) is 0 Å². The Labute approximate surface area is 144 Å². The second-order valence-corrected chi connectivity index (χ2v) is 6.78. The first kappa shape index (κ1) is 18.7. The monoisotopic (exact) mass is 332 g/mol. The maximum absolute atomic E-state index is 11.9. The first-order valence-corrected chi connectivity index (χ1v) is 8.63. The van der Waals surface area contributed by atoms with Gasteiger partial charge in [0.05, 0.1) is 6.61 Å². The molecule has 2 N–H and O–H groups in total. The van der Waals surface area contributed by atoms with Crippen molar-refractivity contribution in [3.63, 3.8) is 0 Å². The van der Waals surface area contributed by atoms with E-state index in [2.05, 4.69) is 19.6 Å².